The van der Waals surface area contributed by atoms with Gasteiger partial charge in [-0.15, -0.1) is 0 Å². The Kier molecular flexibility index (Phi) is 5.21. The number of piperidine rings is 1. The number of fused-ring (bicyclic) bond motifs is 1. The van der Waals surface area contributed by atoms with E-state index >= 15 is 0 Å². The third-order valence-electron chi connectivity index (χ3n) is 5.51. The molecule has 1 heterocycles. The summed E-state index contributed by atoms with van der Waals surface area (Å²) in [5, 5.41) is 14.8. The van der Waals surface area contributed by atoms with Crippen molar-refractivity contribution in [3.05, 3.63) is 71.8 Å². The van der Waals surface area contributed by atoms with Crippen molar-refractivity contribution in [3.8, 4) is 5.75 Å². The summed E-state index contributed by atoms with van der Waals surface area (Å²) < 4.78 is 0. The lowest BCUT2D eigenvalue weighted by Crippen LogP contribution is -2.43. The summed E-state index contributed by atoms with van der Waals surface area (Å²) in [5.74, 6) is -0.460. The third kappa shape index (κ3) is 3.94. The maximum atomic E-state index is 13.2. The number of anilines is 1. The number of aryl methyl sites for hydroxylation is 1. The fraction of sp³-hybridized carbons (Fsp3) is 0.250. The largest absolute Gasteiger partial charge is 0.506 e. The van der Waals surface area contributed by atoms with Crippen LogP contribution in [0, 0.1) is 12.8 Å². The molecule has 3 aromatic rings. The van der Waals surface area contributed by atoms with Gasteiger partial charge in [0.15, 0.2) is 0 Å². The number of aromatic hydroxyl groups is 1. The number of amides is 2. The first-order chi connectivity index (χ1) is 14.0. The van der Waals surface area contributed by atoms with E-state index in [1.165, 1.54) is 0 Å². The summed E-state index contributed by atoms with van der Waals surface area (Å²) in [6.07, 6.45) is 1.49. The highest BCUT2D eigenvalue weighted by molar-refractivity contribution is 6.07. The van der Waals surface area contributed by atoms with Crippen molar-refractivity contribution in [2.45, 2.75) is 19.8 Å². The Balaban J connectivity index is 1.50. The molecule has 5 nitrogen and oxygen atoms in total. The molecule has 0 saturated carbocycles. The second-order valence-electron chi connectivity index (χ2n) is 7.63. The summed E-state index contributed by atoms with van der Waals surface area (Å²) >= 11 is 0. The van der Waals surface area contributed by atoms with Gasteiger partial charge in [-0.05, 0) is 54.3 Å². The average molecular weight is 388 g/mol. The monoisotopic (exact) mass is 388 g/mol. The van der Waals surface area contributed by atoms with Crippen LogP contribution in [-0.4, -0.2) is 34.9 Å². The first kappa shape index (κ1) is 19.0. The van der Waals surface area contributed by atoms with Crippen molar-refractivity contribution in [2.75, 3.05) is 18.4 Å². The number of rotatable bonds is 3. The molecule has 1 atom stereocenters. The number of phenolic OH excluding ortho intramolecular Hbond substituents is 1. The van der Waals surface area contributed by atoms with Gasteiger partial charge in [-0.2, -0.15) is 0 Å². The van der Waals surface area contributed by atoms with Crippen LogP contribution in [-0.2, 0) is 4.79 Å². The second kappa shape index (κ2) is 7.95. The topological polar surface area (TPSA) is 69.6 Å². The summed E-state index contributed by atoms with van der Waals surface area (Å²) in [4.78, 5) is 27.7. The molecule has 29 heavy (non-hydrogen) atoms. The van der Waals surface area contributed by atoms with Crippen LogP contribution in [0.5, 0.6) is 5.75 Å². The first-order valence-electron chi connectivity index (χ1n) is 9.90. The molecule has 148 valence electrons. The van der Waals surface area contributed by atoms with Crippen LogP contribution in [0.1, 0.15) is 28.8 Å². The van der Waals surface area contributed by atoms with E-state index in [9.17, 15) is 14.7 Å². The molecular weight excluding hydrogens is 364 g/mol. The van der Waals surface area contributed by atoms with E-state index in [0.29, 0.717) is 24.3 Å². The molecule has 1 aliphatic heterocycles. The first-order valence-corrected chi connectivity index (χ1v) is 9.90. The third-order valence-corrected chi connectivity index (χ3v) is 5.51. The molecule has 2 N–H and O–H groups in total. The Morgan fingerprint density at radius 1 is 1.07 bits per heavy atom. The number of likely N-dealkylation sites (tertiary alicyclic amines) is 1. The molecule has 2 amide bonds. The van der Waals surface area contributed by atoms with Gasteiger partial charge in [-0.1, -0.05) is 42.5 Å². The van der Waals surface area contributed by atoms with Gasteiger partial charge in [0, 0.05) is 18.7 Å². The zero-order valence-electron chi connectivity index (χ0n) is 16.4. The number of hydrogen-bond acceptors (Lipinski definition) is 3. The molecule has 1 fully saturated rings. The lowest BCUT2D eigenvalue weighted by molar-refractivity contribution is -0.121. The van der Waals surface area contributed by atoms with Crippen LogP contribution in [0.3, 0.4) is 0 Å². The SMILES string of the molecule is Cc1ccc(NC(=O)C2CCCN(C(=O)c3cccc4ccccc34)C2)c(O)c1. The van der Waals surface area contributed by atoms with Gasteiger partial charge in [0.1, 0.15) is 5.75 Å². The zero-order valence-corrected chi connectivity index (χ0v) is 16.4. The molecule has 0 aromatic heterocycles. The fourth-order valence-corrected chi connectivity index (χ4v) is 3.94. The van der Waals surface area contributed by atoms with Gasteiger partial charge in [-0.25, -0.2) is 0 Å². The Labute approximate surface area is 170 Å². The van der Waals surface area contributed by atoms with Crippen molar-refractivity contribution in [1.29, 1.82) is 0 Å². The van der Waals surface area contributed by atoms with E-state index in [1.54, 1.807) is 17.0 Å². The maximum Gasteiger partial charge on any atom is 0.254 e. The summed E-state index contributed by atoms with van der Waals surface area (Å²) in [6.45, 7) is 2.89. The number of hydrogen-bond donors (Lipinski definition) is 2. The summed E-state index contributed by atoms with van der Waals surface area (Å²) in [7, 11) is 0. The quantitative estimate of drug-likeness (QED) is 0.656. The highest BCUT2D eigenvalue weighted by atomic mass is 16.3. The molecule has 3 aromatic carbocycles. The Hall–Kier alpha value is -3.34. The minimum Gasteiger partial charge on any atom is -0.506 e. The van der Waals surface area contributed by atoms with Crippen molar-refractivity contribution in [1.82, 2.24) is 4.90 Å². The number of benzene rings is 3. The molecule has 0 spiro atoms. The van der Waals surface area contributed by atoms with E-state index in [4.69, 9.17) is 0 Å². The predicted molar refractivity (Wildman–Crippen MR) is 114 cm³/mol. The Morgan fingerprint density at radius 3 is 2.69 bits per heavy atom. The number of carbonyl (C=O) groups is 2. The van der Waals surface area contributed by atoms with E-state index < -0.39 is 0 Å². The average Bonchev–Trinajstić information content (AvgIpc) is 2.75. The van der Waals surface area contributed by atoms with Gasteiger partial charge in [0.05, 0.1) is 11.6 Å². The number of phenols is 1. The van der Waals surface area contributed by atoms with Crippen molar-refractivity contribution in [3.63, 3.8) is 0 Å². The summed E-state index contributed by atoms with van der Waals surface area (Å²) in [6, 6.07) is 18.7. The summed E-state index contributed by atoms with van der Waals surface area (Å²) in [5.41, 5.74) is 1.99. The van der Waals surface area contributed by atoms with E-state index in [-0.39, 0.29) is 23.5 Å². The lowest BCUT2D eigenvalue weighted by atomic mass is 9.95. The molecule has 0 bridgehead atoms. The van der Waals surface area contributed by atoms with Crippen molar-refractivity contribution in [2.24, 2.45) is 5.92 Å². The van der Waals surface area contributed by atoms with Gasteiger partial charge in [-0.3, -0.25) is 9.59 Å². The van der Waals surface area contributed by atoms with Gasteiger partial charge in [0.2, 0.25) is 5.91 Å². The zero-order chi connectivity index (χ0) is 20.4. The maximum absolute atomic E-state index is 13.2. The standard InChI is InChI=1S/C24H24N2O3/c1-16-11-12-21(22(27)14-16)25-23(28)18-8-5-13-26(15-18)24(29)20-10-4-7-17-6-2-3-9-19(17)20/h2-4,6-7,9-12,14,18,27H,5,8,13,15H2,1H3,(H,25,28). The molecular formula is C24H24N2O3. The van der Waals surface area contributed by atoms with Gasteiger partial charge in [0.25, 0.3) is 5.91 Å². The van der Waals surface area contributed by atoms with Crippen molar-refractivity contribution < 1.29 is 14.7 Å². The number of carbonyl (C=O) groups excluding carboxylic acids is 2. The highest BCUT2D eigenvalue weighted by Gasteiger charge is 2.29. The van der Waals surface area contributed by atoms with Crippen LogP contribution in [0.15, 0.2) is 60.7 Å². The van der Waals surface area contributed by atoms with Crippen LogP contribution in [0.25, 0.3) is 10.8 Å². The predicted octanol–water partition coefficient (Wildman–Crippen LogP) is 4.34. The molecule has 0 radical (unpaired) electrons. The number of nitrogens with zero attached hydrogens (tertiary/aromatic N) is 1. The van der Waals surface area contributed by atoms with Crippen LogP contribution in [0.2, 0.25) is 0 Å². The molecule has 5 heteroatoms. The second-order valence-corrected chi connectivity index (χ2v) is 7.63. The van der Waals surface area contributed by atoms with Gasteiger partial charge >= 0.3 is 0 Å². The molecule has 1 unspecified atom stereocenters. The Morgan fingerprint density at radius 2 is 1.86 bits per heavy atom. The highest BCUT2D eigenvalue weighted by Crippen LogP contribution is 2.27. The van der Waals surface area contributed by atoms with Crippen LogP contribution < -0.4 is 5.32 Å². The van der Waals surface area contributed by atoms with E-state index in [2.05, 4.69) is 5.32 Å². The molecule has 4 rings (SSSR count). The molecule has 0 aliphatic carbocycles. The lowest BCUT2D eigenvalue weighted by Gasteiger charge is -2.32. The Bertz CT molecular complexity index is 1070. The molecule has 1 aliphatic rings. The number of nitrogens with one attached hydrogen (secondary N) is 1. The van der Waals surface area contributed by atoms with E-state index in [0.717, 1.165) is 29.2 Å². The fourth-order valence-electron chi connectivity index (χ4n) is 3.94. The minimum atomic E-state index is -0.302. The normalized spacial score (nSPS) is 16.6. The minimum absolute atomic E-state index is 0.0440. The van der Waals surface area contributed by atoms with Crippen LogP contribution in [0.4, 0.5) is 5.69 Å². The van der Waals surface area contributed by atoms with Gasteiger partial charge < -0.3 is 15.3 Å². The van der Waals surface area contributed by atoms with E-state index in [1.807, 2.05) is 55.5 Å². The smallest absolute Gasteiger partial charge is 0.254 e. The molecule has 1 saturated heterocycles. The van der Waals surface area contributed by atoms with Crippen LogP contribution >= 0.6 is 0 Å². The van der Waals surface area contributed by atoms with Crippen molar-refractivity contribution >= 4 is 28.3 Å².